The number of ether oxygens (including phenoxy) is 1. The molecule has 0 aliphatic rings. The van der Waals surface area contributed by atoms with E-state index in [9.17, 15) is 9.59 Å². The maximum Gasteiger partial charge on any atom is 0.335 e. The molecule has 0 unspecified atom stereocenters. The molecule has 0 heterocycles. The van der Waals surface area contributed by atoms with Crippen LogP contribution < -0.4 is 5.32 Å². The fourth-order valence-corrected chi connectivity index (χ4v) is 1.53. The molecule has 0 radical (unpaired) electrons. The summed E-state index contributed by atoms with van der Waals surface area (Å²) in [6.07, 6.45) is 0.827. The van der Waals surface area contributed by atoms with Gasteiger partial charge in [0.1, 0.15) is 6.61 Å². The Labute approximate surface area is 110 Å². The molecule has 0 aromatic heterocycles. The van der Waals surface area contributed by atoms with Gasteiger partial charge in [0.15, 0.2) is 0 Å². The molecule has 1 aromatic rings. The highest BCUT2D eigenvalue weighted by Gasteiger charge is 2.08. The monoisotopic (exact) mass is 271 g/mol. The number of amides is 1. The number of aromatic carboxylic acids is 1. The molecule has 0 saturated heterocycles. The number of carboxylic acids is 1. The van der Waals surface area contributed by atoms with Crippen molar-refractivity contribution in [1.82, 2.24) is 0 Å². The smallest absolute Gasteiger partial charge is 0.335 e. The zero-order valence-electron chi connectivity index (χ0n) is 9.90. The van der Waals surface area contributed by atoms with E-state index in [1.165, 1.54) is 18.2 Å². The van der Waals surface area contributed by atoms with Crippen molar-refractivity contribution >= 4 is 29.2 Å². The van der Waals surface area contributed by atoms with Crippen LogP contribution in [0.15, 0.2) is 18.2 Å². The average Bonchev–Trinajstić information content (AvgIpc) is 2.28. The van der Waals surface area contributed by atoms with Crippen LogP contribution in [-0.4, -0.2) is 30.2 Å². The highest BCUT2D eigenvalue weighted by atomic mass is 35.5. The molecule has 1 aromatic carbocycles. The summed E-state index contributed by atoms with van der Waals surface area (Å²) in [6, 6.07) is 4.13. The van der Waals surface area contributed by atoms with Crippen molar-refractivity contribution in [2.24, 2.45) is 0 Å². The number of hydrogen-bond acceptors (Lipinski definition) is 3. The summed E-state index contributed by atoms with van der Waals surface area (Å²) in [7, 11) is 0. The Hall–Kier alpha value is -1.59. The predicted octanol–water partition coefficient (Wildman–Crippen LogP) is 2.40. The van der Waals surface area contributed by atoms with Crippen molar-refractivity contribution in [3.8, 4) is 0 Å². The molecule has 0 aliphatic heterocycles. The molecule has 6 heteroatoms. The third kappa shape index (κ3) is 4.73. The first kappa shape index (κ1) is 14.5. The first-order chi connectivity index (χ1) is 8.52. The highest BCUT2D eigenvalue weighted by molar-refractivity contribution is 6.31. The number of halogens is 1. The molecule has 0 spiro atoms. The van der Waals surface area contributed by atoms with Crippen LogP contribution in [0.2, 0.25) is 5.02 Å². The number of benzene rings is 1. The lowest BCUT2D eigenvalue weighted by molar-refractivity contribution is -0.120. The standard InChI is InChI=1S/C12H14ClNO4/c1-2-3-18-7-11(15)14-10-5-8(12(16)17)4-9(13)6-10/h4-6H,2-3,7H2,1H3,(H,14,15)(H,16,17). The van der Waals surface area contributed by atoms with Gasteiger partial charge in [0.05, 0.1) is 5.56 Å². The quantitative estimate of drug-likeness (QED) is 0.779. The molecule has 0 saturated carbocycles. The minimum Gasteiger partial charge on any atom is -0.478 e. The van der Waals surface area contributed by atoms with Gasteiger partial charge >= 0.3 is 5.97 Å². The molecule has 0 aliphatic carbocycles. The summed E-state index contributed by atoms with van der Waals surface area (Å²) >= 11 is 5.76. The first-order valence-corrected chi connectivity index (χ1v) is 5.82. The van der Waals surface area contributed by atoms with E-state index in [0.717, 1.165) is 6.42 Å². The van der Waals surface area contributed by atoms with Gasteiger partial charge in [-0.05, 0) is 24.6 Å². The zero-order chi connectivity index (χ0) is 13.5. The summed E-state index contributed by atoms with van der Waals surface area (Å²) in [6.45, 7) is 2.38. The van der Waals surface area contributed by atoms with Crippen LogP contribution in [-0.2, 0) is 9.53 Å². The van der Waals surface area contributed by atoms with Gasteiger partial charge in [-0.1, -0.05) is 18.5 Å². The number of carbonyl (C=O) groups is 2. The van der Waals surface area contributed by atoms with Crippen LogP contribution in [0.4, 0.5) is 5.69 Å². The Morgan fingerprint density at radius 2 is 2.11 bits per heavy atom. The van der Waals surface area contributed by atoms with Crippen molar-refractivity contribution in [2.75, 3.05) is 18.5 Å². The number of nitrogens with one attached hydrogen (secondary N) is 1. The van der Waals surface area contributed by atoms with E-state index in [1.54, 1.807) is 0 Å². The molecular formula is C12H14ClNO4. The minimum atomic E-state index is -1.10. The lowest BCUT2D eigenvalue weighted by Gasteiger charge is -2.07. The summed E-state index contributed by atoms with van der Waals surface area (Å²) in [5.74, 6) is -1.45. The summed E-state index contributed by atoms with van der Waals surface area (Å²) < 4.78 is 5.06. The van der Waals surface area contributed by atoms with Gasteiger partial charge in [-0.3, -0.25) is 4.79 Å². The fraction of sp³-hybridized carbons (Fsp3) is 0.333. The van der Waals surface area contributed by atoms with E-state index in [-0.39, 0.29) is 23.1 Å². The molecule has 18 heavy (non-hydrogen) atoms. The van der Waals surface area contributed by atoms with Crippen LogP contribution in [0.3, 0.4) is 0 Å². The molecule has 2 N–H and O–H groups in total. The van der Waals surface area contributed by atoms with E-state index in [4.69, 9.17) is 21.4 Å². The normalized spacial score (nSPS) is 10.1. The van der Waals surface area contributed by atoms with E-state index in [2.05, 4.69) is 5.32 Å². The molecule has 5 nitrogen and oxygen atoms in total. The molecule has 1 rings (SSSR count). The lowest BCUT2D eigenvalue weighted by Crippen LogP contribution is -2.18. The number of carbonyl (C=O) groups excluding carboxylic acids is 1. The zero-order valence-corrected chi connectivity index (χ0v) is 10.7. The maximum absolute atomic E-state index is 11.5. The van der Waals surface area contributed by atoms with Crippen LogP contribution in [0.1, 0.15) is 23.7 Å². The largest absolute Gasteiger partial charge is 0.478 e. The van der Waals surface area contributed by atoms with Crippen LogP contribution in [0, 0.1) is 0 Å². The van der Waals surface area contributed by atoms with E-state index < -0.39 is 5.97 Å². The van der Waals surface area contributed by atoms with Gasteiger partial charge in [0.25, 0.3) is 0 Å². The first-order valence-electron chi connectivity index (χ1n) is 5.44. The number of rotatable bonds is 6. The van der Waals surface area contributed by atoms with Crippen molar-refractivity contribution in [2.45, 2.75) is 13.3 Å². The van der Waals surface area contributed by atoms with Gasteiger partial charge in [-0.15, -0.1) is 0 Å². The number of hydrogen-bond donors (Lipinski definition) is 2. The Morgan fingerprint density at radius 3 is 2.72 bits per heavy atom. The average molecular weight is 272 g/mol. The summed E-state index contributed by atoms with van der Waals surface area (Å²) in [5, 5.41) is 11.6. The third-order valence-corrected chi connectivity index (χ3v) is 2.23. The lowest BCUT2D eigenvalue weighted by atomic mass is 10.2. The van der Waals surface area contributed by atoms with Gasteiger partial charge < -0.3 is 15.2 Å². The molecule has 0 bridgehead atoms. The van der Waals surface area contributed by atoms with Crippen molar-refractivity contribution in [1.29, 1.82) is 0 Å². The molecule has 1 amide bonds. The van der Waals surface area contributed by atoms with Gasteiger partial charge in [-0.2, -0.15) is 0 Å². The highest BCUT2D eigenvalue weighted by Crippen LogP contribution is 2.19. The Kier molecular flexibility index (Phi) is 5.61. The van der Waals surface area contributed by atoms with E-state index >= 15 is 0 Å². The van der Waals surface area contributed by atoms with Crippen LogP contribution in [0.5, 0.6) is 0 Å². The molecule has 0 atom stereocenters. The fourth-order valence-electron chi connectivity index (χ4n) is 1.29. The maximum atomic E-state index is 11.5. The van der Waals surface area contributed by atoms with Gasteiger partial charge in [0, 0.05) is 17.3 Å². The Morgan fingerprint density at radius 1 is 1.39 bits per heavy atom. The second kappa shape index (κ2) is 6.98. The molecular weight excluding hydrogens is 258 g/mol. The second-order valence-corrected chi connectivity index (χ2v) is 4.07. The SMILES string of the molecule is CCCOCC(=O)Nc1cc(Cl)cc(C(=O)O)c1. The third-order valence-electron chi connectivity index (χ3n) is 2.01. The van der Waals surface area contributed by atoms with E-state index in [0.29, 0.717) is 12.3 Å². The van der Waals surface area contributed by atoms with E-state index in [1.807, 2.05) is 6.92 Å². The second-order valence-electron chi connectivity index (χ2n) is 3.63. The molecule has 98 valence electrons. The number of anilines is 1. The van der Waals surface area contributed by atoms with Crippen molar-refractivity contribution in [3.63, 3.8) is 0 Å². The summed E-state index contributed by atoms with van der Waals surface area (Å²) in [4.78, 5) is 22.3. The minimum absolute atomic E-state index is 0.0206. The molecule has 0 fully saturated rings. The predicted molar refractivity (Wildman–Crippen MR) is 68.2 cm³/mol. The van der Waals surface area contributed by atoms with Crippen molar-refractivity contribution < 1.29 is 19.4 Å². The topological polar surface area (TPSA) is 75.6 Å². The van der Waals surface area contributed by atoms with Crippen molar-refractivity contribution in [3.05, 3.63) is 28.8 Å². The Bertz CT molecular complexity index is 448. The van der Waals surface area contributed by atoms with Gasteiger partial charge in [-0.25, -0.2) is 4.79 Å². The van der Waals surface area contributed by atoms with Gasteiger partial charge in [0.2, 0.25) is 5.91 Å². The number of carboxylic acid groups (broad SMARTS) is 1. The van der Waals surface area contributed by atoms with Crippen LogP contribution in [0.25, 0.3) is 0 Å². The summed E-state index contributed by atoms with van der Waals surface area (Å²) in [5.41, 5.74) is 0.359. The Balaban J connectivity index is 2.66. The van der Waals surface area contributed by atoms with Crippen LogP contribution >= 0.6 is 11.6 Å².